The number of rotatable bonds is 8. The van der Waals surface area contributed by atoms with E-state index < -0.39 is 22.0 Å². The second kappa shape index (κ2) is 11.7. The van der Waals surface area contributed by atoms with E-state index in [1.54, 1.807) is 12.1 Å². The molecule has 0 bridgehead atoms. The summed E-state index contributed by atoms with van der Waals surface area (Å²) in [4.78, 5) is 24.2. The second-order valence-corrected chi connectivity index (χ2v) is 9.98. The lowest BCUT2D eigenvalue weighted by Crippen LogP contribution is -2.13. The molecule has 9 nitrogen and oxygen atoms in total. The molecular weight excluding hydrogens is 564 g/mol. The van der Waals surface area contributed by atoms with Crippen molar-refractivity contribution >= 4 is 49.7 Å². The van der Waals surface area contributed by atoms with Crippen LogP contribution in [-0.4, -0.2) is 34.5 Å². The van der Waals surface area contributed by atoms with E-state index in [4.69, 9.17) is 8.92 Å². The zero-order chi connectivity index (χ0) is 27.2. The fraction of sp³-hybridized carbons (Fsp3) is 0.115. The van der Waals surface area contributed by atoms with E-state index >= 15 is 0 Å². The molecule has 3 rings (SSSR count). The van der Waals surface area contributed by atoms with Gasteiger partial charge in [-0.2, -0.15) is 13.7 Å². The van der Waals surface area contributed by atoms with Gasteiger partial charge < -0.3 is 19.0 Å². The van der Waals surface area contributed by atoms with Crippen LogP contribution in [0.15, 0.2) is 75.6 Å². The van der Waals surface area contributed by atoms with E-state index in [0.29, 0.717) is 16.8 Å². The number of carbonyl (C=O) groups is 2. The summed E-state index contributed by atoms with van der Waals surface area (Å²) >= 11 is 3.28. The number of aryl methyl sites for hydroxylation is 1. The van der Waals surface area contributed by atoms with Crippen molar-refractivity contribution in [1.29, 1.82) is 5.26 Å². The maximum atomic E-state index is 12.7. The van der Waals surface area contributed by atoms with Crippen LogP contribution in [0.3, 0.4) is 0 Å². The number of methoxy groups -OCH3 is 2. The third-order valence-corrected chi connectivity index (χ3v) is 6.82. The first kappa shape index (κ1) is 27.4. The Hall–Kier alpha value is -4.14. The summed E-state index contributed by atoms with van der Waals surface area (Å²) in [5, 5.41) is 12.1. The number of hydrogen-bond acceptors (Lipinski definition) is 8. The summed E-state index contributed by atoms with van der Waals surface area (Å²) in [5.41, 5.74) is 1.70. The molecule has 0 aliphatic carbocycles. The summed E-state index contributed by atoms with van der Waals surface area (Å²) < 4.78 is 41.0. The zero-order valence-corrected chi connectivity index (χ0v) is 22.3. The topological polar surface area (TPSA) is 132 Å². The third-order valence-electron chi connectivity index (χ3n) is 4.99. The smallest absolute Gasteiger partial charge is 0.339 e. The lowest BCUT2D eigenvalue weighted by atomic mass is 10.1. The first-order valence-electron chi connectivity index (χ1n) is 10.6. The van der Waals surface area contributed by atoms with E-state index in [0.717, 1.165) is 5.56 Å². The molecule has 0 aliphatic heterocycles. The molecule has 11 heteroatoms. The van der Waals surface area contributed by atoms with Gasteiger partial charge in [0.2, 0.25) is 0 Å². The maximum absolute atomic E-state index is 12.7. The lowest BCUT2D eigenvalue weighted by Gasteiger charge is -2.14. The van der Waals surface area contributed by atoms with Gasteiger partial charge in [0.1, 0.15) is 16.5 Å². The van der Waals surface area contributed by atoms with Crippen LogP contribution in [0.1, 0.15) is 21.5 Å². The predicted octanol–water partition coefficient (Wildman–Crippen LogP) is 4.87. The van der Waals surface area contributed by atoms with E-state index in [2.05, 4.69) is 26.0 Å². The van der Waals surface area contributed by atoms with Crippen LogP contribution >= 0.6 is 15.9 Å². The Morgan fingerprint density at radius 2 is 1.68 bits per heavy atom. The lowest BCUT2D eigenvalue weighted by molar-refractivity contribution is -0.112. The van der Waals surface area contributed by atoms with Crippen molar-refractivity contribution in [2.75, 3.05) is 19.5 Å². The van der Waals surface area contributed by atoms with Crippen LogP contribution in [-0.2, 0) is 19.6 Å². The number of halogens is 1. The van der Waals surface area contributed by atoms with Gasteiger partial charge in [0, 0.05) is 5.69 Å². The monoisotopic (exact) mass is 584 g/mol. The zero-order valence-electron chi connectivity index (χ0n) is 19.9. The molecule has 0 saturated heterocycles. The Morgan fingerprint density at radius 3 is 2.24 bits per heavy atom. The third kappa shape index (κ3) is 6.75. The molecule has 37 heavy (non-hydrogen) atoms. The van der Waals surface area contributed by atoms with Crippen LogP contribution in [0.5, 0.6) is 11.5 Å². The fourth-order valence-corrected chi connectivity index (χ4v) is 4.69. The quantitative estimate of drug-likeness (QED) is 0.172. The fourth-order valence-electron chi connectivity index (χ4n) is 3.09. The minimum atomic E-state index is -4.15. The van der Waals surface area contributed by atoms with Crippen molar-refractivity contribution in [3.05, 3.63) is 87.4 Å². The van der Waals surface area contributed by atoms with Crippen LogP contribution in [0, 0.1) is 18.3 Å². The Kier molecular flexibility index (Phi) is 8.70. The van der Waals surface area contributed by atoms with Crippen molar-refractivity contribution in [1.82, 2.24) is 0 Å². The minimum Gasteiger partial charge on any atom is -0.493 e. The molecule has 0 unspecified atom stereocenters. The number of nitrogens with one attached hydrogen (secondary N) is 1. The van der Waals surface area contributed by atoms with Crippen molar-refractivity contribution < 1.29 is 31.7 Å². The first-order valence-corrected chi connectivity index (χ1v) is 12.8. The standard InChI is InChI=1S/C26H21BrN2O7S/c1-16-4-10-21(11-5-16)37(32,33)36-24-22(27)13-17(14-23(24)34-2)12-19(15-28)25(30)29-20-8-6-18(7-9-20)26(31)35-3/h4-14H,1-3H3,(H,29,30)/b19-12+. The summed E-state index contributed by atoms with van der Waals surface area (Å²) in [6.45, 7) is 1.83. The molecule has 0 saturated carbocycles. The average Bonchev–Trinajstić information content (AvgIpc) is 2.88. The number of esters is 1. The van der Waals surface area contributed by atoms with Crippen molar-refractivity contribution in [2.24, 2.45) is 0 Å². The van der Waals surface area contributed by atoms with Gasteiger partial charge in [-0.3, -0.25) is 4.79 Å². The van der Waals surface area contributed by atoms with E-state index in [1.807, 2.05) is 13.0 Å². The largest absolute Gasteiger partial charge is 0.493 e. The molecule has 3 aromatic carbocycles. The number of amides is 1. The molecule has 0 radical (unpaired) electrons. The predicted molar refractivity (Wildman–Crippen MR) is 140 cm³/mol. The normalized spacial score (nSPS) is 11.3. The highest BCUT2D eigenvalue weighted by molar-refractivity contribution is 9.10. The van der Waals surface area contributed by atoms with Crippen LogP contribution < -0.4 is 14.2 Å². The van der Waals surface area contributed by atoms with Crippen molar-refractivity contribution in [2.45, 2.75) is 11.8 Å². The van der Waals surface area contributed by atoms with Gasteiger partial charge in [-0.1, -0.05) is 17.7 Å². The highest BCUT2D eigenvalue weighted by Gasteiger charge is 2.22. The molecule has 0 fully saturated rings. The van der Waals surface area contributed by atoms with Gasteiger partial charge in [-0.05, 0) is 83.0 Å². The summed E-state index contributed by atoms with van der Waals surface area (Å²) in [6.07, 6.45) is 1.31. The number of anilines is 1. The number of benzene rings is 3. The Morgan fingerprint density at radius 1 is 1.03 bits per heavy atom. The second-order valence-electron chi connectivity index (χ2n) is 7.58. The van der Waals surface area contributed by atoms with Gasteiger partial charge in [0.25, 0.3) is 5.91 Å². The molecule has 0 aliphatic rings. The molecule has 1 N–H and O–H groups in total. The number of carbonyl (C=O) groups excluding carboxylic acids is 2. The number of hydrogen-bond donors (Lipinski definition) is 1. The van der Waals surface area contributed by atoms with Gasteiger partial charge in [-0.15, -0.1) is 0 Å². The van der Waals surface area contributed by atoms with Crippen LogP contribution in [0.25, 0.3) is 6.08 Å². The molecular formula is C26H21BrN2O7S. The summed E-state index contributed by atoms with van der Waals surface area (Å²) in [7, 11) is -1.56. The molecule has 190 valence electrons. The first-order chi connectivity index (χ1) is 17.6. The molecule has 0 spiro atoms. The van der Waals surface area contributed by atoms with Crippen LogP contribution in [0.2, 0.25) is 0 Å². The van der Waals surface area contributed by atoms with E-state index in [9.17, 15) is 23.3 Å². The van der Waals surface area contributed by atoms with Gasteiger partial charge >= 0.3 is 16.1 Å². The highest BCUT2D eigenvalue weighted by atomic mass is 79.9. The number of nitrogens with zero attached hydrogens (tertiary/aromatic N) is 1. The number of ether oxygens (including phenoxy) is 2. The number of nitriles is 1. The molecule has 3 aromatic rings. The van der Waals surface area contributed by atoms with Crippen molar-refractivity contribution in [3.63, 3.8) is 0 Å². The van der Waals surface area contributed by atoms with Gasteiger partial charge in [-0.25, -0.2) is 4.79 Å². The summed E-state index contributed by atoms with van der Waals surface area (Å²) in [6, 6.07) is 16.9. The Balaban J connectivity index is 1.86. The van der Waals surface area contributed by atoms with Crippen LogP contribution in [0.4, 0.5) is 5.69 Å². The molecule has 0 atom stereocenters. The average molecular weight is 585 g/mol. The van der Waals surface area contributed by atoms with Gasteiger partial charge in [0.15, 0.2) is 11.5 Å². The molecule has 1 amide bonds. The minimum absolute atomic E-state index is 0.0286. The van der Waals surface area contributed by atoms with E-state index in [-0.39, 0.29) is 26.4 Å². The molecule has 0 aromatic heterocycles. The van der Waals surface area contributed by atoms with Gasteiger partial charge in [0.05, 0.1) is 24.3 Å². The van der Waals surface area contributed by atoms with E-state index in [1.165, 1.54) is 68.8 Å². The van der Waals surface area contributed by atoms with Crippen molar-refractivity contribution in [3.8, 4) is 17.6 Å². The summed E-state index contributed by atoms with van der Waals surface area (Å²) in [5.74, 6) is -1.24. The molecule has 0 heterocycles. The Labute approximate surface area is 222 Å². The highest BCUT2D eigenvalue weighted by Crippen LogP contribution is 2.39. The maximum Gasteiger partial charge on any atom is 0.339 e. The SMILES string of the molecule is COC(=O)c1ccc(NC(=O)/C(C#N)=C/c2cc(Br)c(OS(=O)(=O)c3ccc(C)cc3)c(OC)c2)cc1. The Bertz CT molecular complexity index is 1510.